The van der Waals surface area contributed by atoms with E-state index in [2.05, 4.69) is 13.2 Å². The normalized spacial score (nSPS) is 18.9. The number of methoxy groups -OCH3 is 2. The van der Waals surface area contributed by atoms with Gasteiger partial charge in [0.05, 0.1) is 48.8 Å². The summed E-state index contributed by atoms with van der Waals surface area (Å²) in [4.78, 5) is 58.7. The van der Waals surface area contributed by atoms with Crippen molar-refractivity contribution in [2.45, 2.75) is 57.1 Å². The molecular weight excluding hydrogens is 861 g/mol. The number of ether oxygens (including phenoxy) is 5. The Bertz CT molecular complexity index is 2710. The average Bonchev–Trinajstić information content (AvgIpc) is 3.49. The molecule has 4 heterocycles. The van der Waals surface area contributed by atoms with Gasteiger partial charge < -0.3 is 48.8 Å². The van der Waals surface area contributed by atoms with Crippen LogP contribution in [-0.4, -0.2) is 101 Å². The Kier molecular flexibility index (Phi) is 13.5. The zero-order chi connectivity index (χ0) is 47.4. The Morgan fingerprint density at radius 1 is 0.627 bits per heavy atom. The molecule has 0 saturated carbocycles. The summed E-state index contributed by atoms with van der Waals surface area (Å²) in [5.74, 6) is -0.197. The number of anilines is 2. The lowest BCUT2D eigenvalue weighted by molar-refractivity contribution is 0.0299. The number of nitrogens with zero attached hydrogens (tertiary/aromatic N) is 4. The summed E-state index contributed by atoms with van der Waals surface area (Å²) in [5.41, 5.74) is 5.51. The number of phenols is 1. The van der Waals surface area contributed by atoms with E-state index < -0.39 is 36.7 Å². The molecule has 2 unspecified atom stereocenters. The Balaban J connectivity index is 0.000000186. The number of amides is 4. The molecule has 0 bridgehead atoms. The highest BCUT2D eigenvalue weighted by Crippen LogP contribution is 2.43. The fourth-order valence-corrected chi connectivity index (χ4v) is 8.84. The third kappa shape index (κ3) is 8.96. The molecule has 3 N–H and O–H groups in total. The van der Waals surface area contributed by atoms with Crippen LogP contribution in [0, 0.1) is 0 Å². The first-order chi connectivity index (χ1) is 32.5. The second kappa shape index (κ2) is 19.7. The van der Waals surface area contributed by atoms with E-state index in [0.717, 1.165) is 37.6 Å². The number of aliphatic hydroxyl groups excluding tert-OH is 2. The number of rotatable bonds is 9. The molecule has 5 aromatic carbocycles. The minimum Gasteiger partial charge on any atom is -0.504 e. The Labute approximate surface area is 387 Å². The Morgan fingerprint density at radius 2 is 1.07 bits per heavy atom. The third-order valence-electron chi connectivity index (χ3n) is 12.2. The molecule has 0 aromatic heterocycles. The van der Waals surface area contributed by atoms with E-state index in [1.165, 1.54) is 38.5 Å². The molecule has 9 rings (SSSR count). The van der Waals surface area contributed by atoms with Crippen LogP contribution in [0.25, 0.3) is 0 Å². The molecule has 4 atom stereocenters. The zero-order valence-corrected chi connectivity index (χ0v) is 36.9. The lowest BCUT2D eigenvalue weighted by Gasteiger charge is -2.39. The maximum absolute atomic E-state index is 13.9. The van der Waals surface area contributed by atoms with E-state index in [1.54, 1.807) is 21.9 Å². The minimum absolute atomic E-state index is 0.0456. The average molecular weight is 911 g/mol. The molecule has 4 aliphatic rings. The topological polar surface area (TPSA) is 188 Å². The molecule has 4 amide bonds. The number of benzene rings is 5. The molecule has 16 heteroatoms. The highest BCUT2D eigenvalue weighted by atomic mass is 16.6. The van der Waals surface area contributed by atoms with Crippen LogP contribution in [0.5, 0.6) is 23.0 Å². The van der Waals surface area contributed by atoms with Crippen molar-refractivity contribution in [2.75, 3.05) is 37.2 Å². The van der Waals surface area contributed by atoms with Gasteiger partial charge in [0.25, 0.3) is 11.8 Å². The highest BCUT2D eigenvalue weighted by Gasteiger charge is 2.47. The summed E-state index contributed by atoms with van der Waals surface area (Å²) in [6.45, 7) is 7.85. The number of fused-ring (bicyclic) bond motifs is 6. The van der Waals surface area contributed by atoms with Gasteiger partial charge >= 0.3 is 12.2 Å². The fraction of sp³-hybridized carbons (Fsp3) is 0.255. The summed E-state index contributed by atoms with van der Waals surface area (Å²) >= 11 is 0. The van der Waals surface area contributed by atoms with Gasteiger partial charge in [-0.05, 0) is 52.8 Å². The van der Waals surface area contributed by atoms with Crippen molar-refractivity contribution in [3.05, 3.63) is 167 Å². The van der Waals surface area contributed by atoms with E-state index in [0.29, 0.717) is 30.9 Å². The summed E-state index contributed by atoms with van der Waals surface area (Å²) < 4.78 is 27.2. The summed E-state index contributed by atoms with van der Waals surface area (Å²) in [6.07, 6.45) is -0.770. The number of carbonyl (C=O) groups is 4. The van der Waals surface area contributed by atoms with Crippen molar-refractivity contribution >= 4 is 35.4 Å². The number of hydrogen-bond donors (Lipinski definition) is 3. The molecule has 5 aromatic rings. The molecule has 4 aliphatic heterocycles. The van der Waals surface area contributed by atoms with E-state index in [-0.39, 0.29) is 72.2 Å². The summed E-state index contributed by atoms with van der Waals surface area (Å²) in [6, 6.07) is 29.4. The quantitative estimate of drug-likeness (QED) is 0.133. The standard InChI is InChI=1S/C29H28N2O6.C22H22N2O6/c1-3-13-36-29(34)31-23-16-26(37-18-19-9-5-4-6-10-19)25(35-2)15-22(23)27(32)30-17-21-12-8-7-11-20(21)14-24(30)28(31)33;1-3-8-30-22(28)24-16-11-18(25)19(29-2)10-15(16)20(26)23-12-14-7-5-4-6-13(14)9-17(23)21(24)27/h3-12,15-16,24,28,33H,1,13-14,17-18H2,2H3;3-7,10-11,17,21,25,27H,1,8-9,12H2,2H3/t24-,28?;17-,21?/m00/s1. The van der Waals surface area contributed by atoms with Crippen molar-refractivity contribution < 1.29 is 58.2 Å². The van der Waals surface area contributed by atoms with E-state index in [9.17, 15) is 34.5 Å². The molecule has 0 spiro atoms. The first kappa shape index (κ1) is 45.7. The first-order valence-electron chi connectivity index (χ1n) is 21.5. The van der Waals surface area contributed by atoms with Crippen LogP contribution < -0.4 is 24.0 Å². The molecule has 0 aliphatic carbocycles. The number of aromatic hydroxyl groups is 1. The minimum atomic E-state index is -1.38. The van der Waals surface area contributed by atoms with Crippen LogP contribution >= 0.6 is 0 Å². The predicted octanol–water partition coefficient (Wildman–Crippen LogP) is 6.73. The number of carbonyl (C=O) groups excluding carboxylic acids is 4. The van der Waals surface area contributed by atoms with E-state index >= 15 is 0 Å². The first-order valence-corrected chi connectivity index (χ1v) is 21.5. The van der Waals surface area contributed by atoms with Gasteiger partial charge in [-0.2, -0.15) is 0 Å². The second-order valence-electron chi connectivity index (χ2n) is 16.1. The number of aliphatic hydroxyl groups is 2. The Morgan fingerprint density at radius 3 is 1.55 bits per heavy atom. The molecule has 67 heavy (non-hydrogen) atoms. The molecular formula is C51H50N4O12. The van der Waals surface area contributed by atoms with Gasteiger partial charge in [0.1, 0.15) is 19.8 Å². The predicted molar refractivity (Wildman–Crippen MR) is 246 cm³/mol. The molecule has 16 nitrogen and oxygen atoms in total. The molecule has 0 radical (unpaired) electrons. The van der Waals surface area contributed by atoms with Crippen LogP contribution in [-0.2, 0) is 42.0 Å². The van der Waals surface area contributed by atoms with Gasteiger partial charge in [-0.1, -0.05) is 104 Å². The van der Waals surface area contributed by atoms with Crippen LogP contribution in [0.1, 0.15) is 48.5 Å². The molecule has 0 fully saturated rings. The monoisotopic (exact) mass is 910 g/mol. The van der Waals surface area contributed by atoms with Crippen LogP contribution in [0.15, 0.2) is 128 Å². The lowest BCUT2D eigenvalue weighted by Crippen LogP contribution is -2.55. The number of hydrogen-bond acceptors (Lipinski definition) is 12. The number of phenolic OH excluding ortho intramolecular Hbond substituents is 1. The molecule has 0 saturated heterocycles. The van der Waals surface area contributed by atoms with Gasteiger partial charge in [-0.15, -0.1) is 0 Å². The summed E-state index contributed by atoms with van der Waals surface area (Å²) in [7, 11) is 2.86. The van der Waals surface area contributed by atoms with Crippen LogP contribution in [0.2, 0.25) is 0 Å². The van der Waals surface area contributed by atoms with E-state index in [4.69, 9.17) is 23.7 Å². The largest absolute Gasteiger partial charge is 0.504 e. The van der Waals surface area contributed by atoms with Gasteiger partial charge in [0, 0.05) is 25.2 Å². The Hall–Kier alpha value is -7.82. The van der Waals surface area contributed by atoms with Crippen molar-refractivity contribution in [2.24, 2.45) is 0 Å². The maximum Gasteiger partial charge on any atom is 0.416 e. The van der Waals surface area contributed by atoms with Gasteiger partial charge in [0.15, 0.2) is 35.5 Å². The van der Waals surface area contributed by atoms with Crippen molar-refractivity contribution in [1.82, 2.24) is 9.80 Å². The van der Waals surface area contributed by atoms with E-state index in [1.807, 2.05) is 78.9 Å². The van der Waals surface area contributed by atoms with Crippen molar-refractivity contribution in [3.63, 3.8) is 0 Å². The summed E-state index contributed by atoms with van der Waals surface area (Å²) in [5, 5.41) is 33.1. The fourth-order valence-electron chi connectivity index (χ4n) is 8.84. The smallest absolute Gasteiger partial charge is 0.416 e. The van der Waals surface area contributed by atoms with Crippen LogP contribution in [0.4, 0.5) is 21.0 Å². The zero-order valence-electron chi connectivity index (χ0n) is 36.9. The van der Waals surface area contributed by atoms with Crippen LogP contribution in [0.3, 0.4) is 0 Å². The van der Waals surface area contributed by atoms with Crippen molar-refractivity contribution in [1.29, 1.82) is 0 Å². The highest BCUT2D eigenvalue weighted by molar-refractivity contribution is 6.07. The van der Waals surface area contributed by atoms with Gasteiger partial charge in [0.2, 0.25) is 0 Å². The van der Waals surface area contributed by atoms with Crippen molar-refractivity contribution in [3.8, 4) is 23.0 Å². The SMILES string of the molecule is C=CCOC(=O)N1c2cc(O)c(OC)cc2C(=O)N2Cc3ccccc3C[C@H]2C1O.C=CCOC(=O)N1c2cc(OCc3ccccc3)c(OC)cc2C(=O)N2Cc3ccccc3C[C@H]2C1O. The third-order valence-corrected chi connectivity index (χ3v) is 12.2. The van der Waals surface area contributed by atoms with Gasteiger partial charge in [-0.25, -0.2) is 19.4 Å². The lowest BCUT2D eigenvalue weighted by atomic mass is 9.93. The molecule has 346 valence electrons. The second-order valence-corrected chi connectivity index (χ2v) is 16.1. The maximum atomic E-state index is 13.9. The van der Waals surface area contributed by atoms with Gasteiger partial charge in [-0.3, -0.25) is 9.59 Å².